The molecule has 0 saturated carbocycles. The molecule has 10 heteroatoms. The van der Waals surface area contributed by atoms with Crippen molar-refractivity contribution in [3.05, 3.63) is 109 Å². The molecule has 0 unspecified atom stereocenters. The fraction of sp³-hybridized carbons (Fsp3) is 0.0370. The number of anilines is 4. The molecule has 182 valence electrons. The van der Waals surface area contributed by atoms with Crippen LogP contribution >= 0.6 is 11.3 Å². The van der Waals surface area contributed by atoms with Gasteiger partial charge in [-0.25, -0.2) is 15.0 Å². The summed E-state index contributed by atoms with van der Waals surface area (Å²) < 4.78 is 4.17. The van der Waals surface area contributed by atoms with E-state index in [1.807, 2.05) is 59.6 Å². The standard InChI is InChI=1S/C27H22N8OS/c28-21-5-1-2-6-22(21)33-26(36)18-8-10-19(11-9-18)32-27-31-15-24(37-27)23-14-30-25-7-3-4-20(35(23)25)16-34-13-12-29-17-34/h1-15,17H,16,28H2,(H,31,32)(H,33,36). The summed E-state index contributed by atoms with van der Waals surface area (Å²) in [5, 5.41) is 6.91. The minimum Gasteiger partial charge on any atom is -0.397 e. The number of para-hydroxylation sites is 2. The molecular weight excluding hydrogens is 484 g/mol. The van der Waals surface area contributed by atoms with E-state index in [4.69, 9.17) is 5.73 Å². The Kier molecular flexibility index (Phi) is 5.83. The van der Waals surface area contributed by atoms with Crippen molar-refractivity contribution < 1.29 is 4.79 Å². The van der Waals surface area contributed by atoms with Crippen LogP contribution in [0.15, 0.2) is 97.8 Å². The van der Waals surface area contributed by atoms with E-state index in [1.165, 1.54) is 11.3 Å². The summed E-state index contributed by atoms with van der Waals surface area (Å²) in [5.41, 5.74) is 11.3. The molecule has 2 aromatic carbocycles. The molecular formula is C27H22N8OS. The Morgan fingerprint density at radius 1 is 0.973 bits per heavy atom. The van der Waals surface area contributed by atoms with Crippen LogP contribution in [0.25, 0.3) is 16.2 Å². The predicted molar refractivity (Wildman–Crippen MR) is 146 cm³/mol. The predicted octanol–water partition coefficient (Wildman–Crippen LogP) is 5.28. The molecule has 9 nitrogen and oxygen atoms in total. The number of benzene rings is 2. The van der Waals surface area contributed by atoms with Crippen LogP contribution in [0.2, 0.25) is 0 Å². The Balaban J connectivity index is 1.19. The summed E-state index contributed by atoms with van der Waals surface area (Å²) in [6.07, 6.45) is 9.23. The number of nitrogens with zero attached hydrogens (tertiary/aromatic N) is 5. The summed E-state index contributed by atoms with van der Waals surface area (Å²) in [7, 11) is 0. The second-order valence-electron chi connectivity index (χ2n) is 8.36. The van der Waals surface area contributed by atoms with Crippen LogP contribution in [0.3, 0.4) is 0 Å². The zero-order chi connectivity index (χ0) is 25.2. The average molecular weight is 507 g/mol. The fourth-order valence-corrected chi connectivity index (χ4v) is 4.89. The van der Waals surface area contributed by atoms with Crippen LogP contribution in [-0.4, -0.2) is 29.8 Å². The summed E-state index contributed by atoms with van der Waals surface area (Å²) in [6, 6.07) is 20.5. The highest BCUT2D eigenvalue weighted by molar-refractivity contribution is 7.18. The first kappa shape index (κ1) is 22.5. The molecule has 0 spiro atoms. The molecule has 0 aliphatic rings. The van der Waals surface area contributed by atoms with Gasteiger partial charge < -0.3 is 20.9 Å². The molecule has 0 aliphatic heterocycles. The van der Waals surface area contributed by atoms with Gasteiger partial charge in [0.15, 0.2) is 5.13 Å². The molecule has 0 atom stereocenters. The summed E-state index contributed by atoms with van der Waals surface area (Å²) in [4.78, 5) is 26.9. The van der Waals surface area contributed by atoms with Gasteiger partial charge in [0.2, 0.25) is 0 Å². The Morgan fingerprint density at radius 2 is 1.84 bits per heavy atom. The van der Waals surface area contributed by atoms with Gasteiger partial charge in [-0.15, -0.1) is 0 Å². The number of nitrogens with two attached hydrogens (primary N) is 1. The van der Waals surface area contributed by atoms with Gasteiger partial charge in [0, 0.05) is 35.5 Å². The highest BCUT2D eigenvalue weighted by Gasteiger charge is 2.14. The highest BCUT2D eigenvalue weighted by Crippen LogP contribution is 2.32. The van der Waals surface area contributed by atoms with Gasteiger partial charge >= 0.3 is 0 Å². The molecule has 37 heavy (non-hydrogen) atoms. The smallest absolute Gasteiger partial charge is 0.255 e. The van der Waals surface area contributed by atoms with Gasteiger partial charge in [0.1, 0.15) is 5.65 Å². The van der Waals surface area contributed by atoms with Gasteiger partial charge in [-0.3, -0.25) is 9.20 Å². The second-order valence-corrected chi connectivity index (χ2v) is 9.39. The molecule has 0 aliphatic carbocycles. The lowest BCUT2D eigenvalue weighted by molar-refractivity contribution is 0.102. The van der Waals surface area contributed by atoms with E-state index in [0.29, 0.717) is 23.5 Å². The van der Waals surface area contributed by atoms with E-state index in [1.54, 1.807) is 36.8 Å². The number of imidazole rings is 2. The molecule has 4 N–H and O–H groups in total. The molecule has 4 heterocycles. The lowest BCUT2D eigenvalue weighted by atomic mass is 10.2. The molecule has 0 bridgehead atoms. The first-order valence-corrected chi connectivity index (χ1v) is 12.4. The zero-order valence-electron chi connectivity index (χ0n) is 19.6. The first-order valence-electron chi connectivity index (χ1n) is 11.5. The number of pyridine rings is 1. The van der Waals surface area contributed by atoms with Crippen LogP contribution in [0.4, 0.5) is 22.2 Å². The number of nitrogen functional groups attached to an aromatic ring is 1. The monoisotopic (exact) mass is 506 g/mol. The number of nitrogens with one attached hydrogen (secondary N) is 2. The van der Waals surface area contributed by atoms with Crippen molar-refractivity contribution in [1.82, 2.24) is 23.9 Å². The largest absolute Gasteiger partial charge is 0.397 e. The highest BCUT2D eigenvalue weighted by atomic mass is 32.1. The SMILES string of the molecule is Nc1ccccc1NC(=O)c1ccc(Nc2ncc(-c3cnc4cccc(Cn5ccnc5)n34)s2)cc1. The van der Waals surface area contributed by atoms with Gasteiger partial charge in [0.25, 0.3) is 5.91 Å². The fourth-order valence-electron chi connectivity index (χ4n) is 4.05. The zero-order valence-corrected chi connectivity index (χ0v) is 20.4. The molecule has 0 fully saturated rings. The number of rotatable bonds is 7. The summed E-state index contributed by atoms with van der Waals surface area (Å²) in [6.45, 7) is 0.682. The third kappa shape index (κ3) is 4.65. The van der Waals surface area contributed by atoms with E-state index >= 15 is 0 Å². The van der Waals surface area contributed by atoms with E-state index < -0.39 is 0 Å². The Hall–Kier alpha value is -4.96. The van der Waals surface area contributed by atoms with E-state index in [2.05, 4.69) is 36.1 Å². The van der Waals surface area contributed by atoms with Crippen LogP contribution < -0.4 is 16.4 Å². The number of thiazole rings is 1. The maximum absolute atomic E-state index is 12.6. The maximum Gasteiger partial charge on any atom is 0.255 e. The van der Waals surface area contributed by atoms with E-state index in [0.717, 1.165) is 32.7 Å². The minimum absolute atomic E-state index is 0.222. The van der Waals surface area contributed by atoms with Crippen molar-refractivity contribution in [2.75, 3.05) is 16.4 Å². The quantitative estimate of drug-likeness (QED) is 0.254. The third-order valence-electron chi connectivity index (χ3n) is 5.88. The second kappa shape index (κ2) is 9.59. The van der Waals surface area contributed by atoms with Gasteiger partial charge in [-0.05, 0) is 48.5 Å². The van der Waals surface area contributed by atoms with Crippen molar-refractivity contribution in [3.8, 4) is 10.6 Å². The number of carbonyl (C=O) groups excluding carboxylic acids is 1. The van der Waals surface area contributed by atoms with Crippen molar-refractivity contribution >= 4 is 45.1 Å². The topological polar surface area (TPSA) is 115 Å². The maximum atomic E-state index is 12.6. The molecule has 1 amide bonds. The van der Waals surface area contributed by atoms with E-state index in [9.17, 15) is 4.79 Å². The lowest BCUT2D eigenvalue weighted by Gasteiger charge is -2.09. The van der Waals surface area contributed by atoms with Gasteiger partial charge in [-0.2, -0.15) is 0 Å². The Bertz CT molecular complexity index is 1690. The van der Waals surface area contributed by atoms with Crippen molar-refractivity contribution in [1.29, 1.82) is 0 Å². The minimum atomic E-state index is -0.222. The molecule has 0 radical (unpaired) electrons. The van der Waals surface area contributed by atoms with Crippen LogP contribution in [0.1, 0.15) is 16.1 Å². The number of hydrogen-bond acceptors (Lipinski definition) is 7. The van der Waals surface area contributed by atoms with E-state index in [-0.39, 0.29) is 5.91 Å². The average Bonchev–Trinajstić information content (AvgIpc) is 3.67. The Labute approximate surface area is 216 Å². The van der Waals surface area contributed by atoms with Crippen molar-refractivity contribution in [2.24, 2.45) is 0 Å². The normalized spacial score (nSPS) is 11.0. The molecule has 6 aromatic rings. The first-order chi connectivity index (χ1) is 18.1. The number of fused-ring (bicyclic) bond motifs is 1. The van der Waals surface area contributed by atoms with Crippen LogP contribution in [0, 0.1) is 0 Å². The molecule has 4 aromatic heterocycles. The Morgan fingerprint density at radius 3 is 2.65 bits per heavy atom. The number of aromatic nitrogens is 5. The van der Waals surface area contributed by atoms with Crippen molar-refractivity contribution in [3.63, 3.8) is 0 Å². The van der Waals surface area contributed by atoms with Crippen molar-refractivity contribution in [2.45, 2.75) is 6.54 Å². The lowest BCUT2D eigenvalue weighted by Crippen LogP contribution is -2.13. The number of carbonyl (C=O) groups is 1. The molecule has 0 saturated heterocycles. The van der Waals surface area contributed by atoms with Gasteiger partial charge in [0.05, 0.1) is 41.0 Å². The van der Waals surface area contributed by atoms with Crippen LogP contribution in [0.5, 0.6) is 0 Å². The third-order valence-corrected chi connectivity index (χ3v) is 6.81. The van der Waals surface area contributed by atoms with Gasteiger partial charge in [-0.1, -0.05) is 29.5 Å². The summed E-state index contributed by atoms with van der Waals surface area (Å²) >= 11 is 1.54. The number of hydrogen-bond donors (Lipinski definition) is 3. The molecule has 6 rings (SSSR count). The number of amides is 1. The van der Waals surface area contributed by atoms with Crippen LogP contribution in [-0.2, 0) is 6.54 Å². The summed E-state index contributed by atoms with van der Waals surface area (Å²) in [5.74, 6) is -0.222.